The fraction of sp³-hybridized carbons (Fsp3) is 0.500. The highest BCUT2D eigenvalue weighted by Gasteiger charge is 2.13. The Bertz CT molecular complexity index is 340. The Morgan fingerprint density at radius 2 is 2.23 bits per heavy atom. The third kappa shape index (κ3) is 1.49. The monoisotopic (exact) mass is 182 g/mol. The lowest BCUT2D eigenvalue weighted by Gasteiger charge is -2.00. The minimum atomic E-state index is 0.120. The van der Waals surface area contributed by atoms with E-state index in [1.165, 1.54) is 0 Å². The number of hydrogen-bond acceptors (Lipinski definition) is 3. The first kappa shape index (κ1) is 9.57. The summed E-state index contributed by atoms with van der Waals surface area (Å²) in [5, 5.41) is 15.8. The number of amidine groups is 1. The van der Waals surface area contributed by atoms with Crippen LogP contribution in [-0.2, 0) is 6.54 Å². The smallest absolute Gasteiger partial charge is 0.173 e. The molecule has 0 unspecified atom stereocenters. The highest BCUT2D eigenvalue weighted by molar-refractivity contribution is 5.99. The molecule has 3 N–H and O–H groups in total. The van der Waals surface area contributed by atoms with E-state index < -0.39 is 0 Å². The van der Waals surface area contributed by atoms with Crippen molar-refractivity contribution >= 4 is 5.84 Å². The number of oxime groups is 1. The average molecular weight is 182 g/mol. The first-order valence-electron chi connectivity index (χ1n) is 4.13. The van der Waals surface area contributed by atoms with E-state index >= 15 is 0 Å². The Morgan fingerprint density at radius 3 is 2.62 bits per heavy atom. The van der Waals surface area contributed by atoms with Gasteiger partial charge >= 0.3 is 0 Å². The van der Waals surface area contributed by atoms with Crippen molar-refractivity contribution in [2.24, 2.45) is 10.9 Å². The van der Waals surface area contributed by atoms with Gasteiger partial charge in [0.15, 0.2) is 5.84 Å². The zero-order chi connectivity index (χ0) is 10.0. The molecule has 0 aromatic carbocycles. The highest BCUT2D eigenvalue weighted by atomic mass is 16.4. The number of nitrogens with zero attached hydrogens (tertiary/aromatic N) is 3. The van der Waals surface area contributed by atoms with Crippen LogP contribution in [0.15, 0.2) is 5.16 Å². The third-order valence-electron chi connectivity index (χ3n) is 2.04. The number of rotatable bonds is 2. The first-order valence-corrected chi connectivity index (χ1v) is 4.13. The molecule has 0 aliphatic rings. The van der Waals surface area contributed by atoms with Gasteiger partial charge in [0, 0.05) is 12.2 Å². The van der Waals surface area contributed by atoms with Crippen LogP contribution in [0, 0.1) is 13.8 Å². The van der Waals surface area contributed by atoms with Gasteiger partial charge in [-0.3, -0.25) is 4.68 Å². The first-order chi connectivity index (χ1) is 6.11. The normalized spacial score (nSPS) is 12.1. The van der Waals surface area contributed by atoms with E-state index in [2.05, 4.69) is 10.3 Å². The Hall–Kier alpha value is -1.52. The largest absolute Gasteiger partial charge is 0.409 e. The fourth-order valence-electron chi connectivity index (χ4n) is 1.43. The Labute approximate surface area is 76.8 Å². The number of hydrogen-bond donors (Lipinski definition) is 2. The van der Waals surface area contributed by atoms with Gasteiger partial charge in [0.2, 0.25) is 0 Å². The molecule has 0 radical (unpaired) electrons. The van der Waals surface area contributed by atoms with Crippen LogP contribution in [0.1, 0.15) is 23.9 Å². The van der Waals surface area contributed by atoms with E-state index in [4.69, 9.17) is 10.9 Å². The van der Waals surface area contributed by atoms with Gasteiger partial charge in [0.1, 0.15) is 0 Å². The van der Waals surface area contributed by atoms with Crippen molar-refractivity contribution in [2.75, 3.05) is 0 Å². The van der Waals surface area contributed by atoms with E-state index in [-0.39, 0.29) is 5.84 Å². The third-order valence-corrected chi connectivity index (χ3v) is 2.04. The summed E-state index contributed by atoms with van der Waals surface area (Å²) < 4.78 is 1.82. The Balaban J connectivity index is 3.28. The summed E-state index contributed by atoms with van der Waals surface area (Å²) in [6.45, 7) is 6.52. The number of aromatic nitrogens is 2. The fourth-order valence-corrected chi connectivity index (χ4v) is 1.43. The SMILES string of the molecule is CCn1nc(C)c(/C(N)=N/O)c1C. The van der Waals surface area contributed by atoms with Crippen molar-refractivity contribution < 1.29 is 5.21 Å². The second-order valence-corrected chi connectivity index (χ2v) is 2.85. The van der Waals surface area contributed by atoms with Crippen molar-refractivity contribution in [1.82, 2.24) is 9.78 Å². The van der Waals surface area contributed by atoms with Crippen LogP contribution in [0.5, 0.6) is 0 Å². The Morgan fingerprint density at radius 1 is 1.62 bits per heavy atom. The maximum Gasteiger partial charge on any atom is 0.173 e. The van der Waals surface area contributed by atoms with E-state index in [9.17, 15) is 0 Å². The number of aryl methyl sites for hydroxylation is 2. The van der Waals surface area contributed by atoms with Crippen LogP contribution in [0.4, 0.5) is 0 Å². The van der Waals surface area contributed by atoms with Gasteiger partial charge in [-0.15, -0.1) is 0 Å². The van der Waals surface area contributed by atoms with Crippen LogP contribution in [0.3, 0.4) is 0 Å². The molecule has 0 saturated carbocycles. The summed E-state index contributed by atoms with van der Waals surface area (Å²) in [4.78, 5) is 0. The van der Waals surface area contributed by atoms with Crippen LogP contribution < -0.4 is 5.73 Å². The van der Waals surface area contributed by atoms with Crippen molar-refractivity contribution in [1.29, 1.82) is 0 Å². The molecule has 0 atom stereocenters. The van der Waals surface area contributed by atoms with Gasteiger partial charge in [0.05, 0.1) is 11.3 Å². The Kier molecular flexibility index (Phi) is 2.55. The van der Waals surface area contributed by atoms with Crippen molar-refractivity contribution in [3.63, 3.8) is 0 Å². The van der Waals surface area contributed by atoms with E-state index in [0.717, 1.165) is 23.5 Å². The molecular weight excluding hydrogens is 168 g/mol. The molecule has 72 valence electrons. The topological polar surface area (TPSA) is 76.4 Å². The van der Waals surface area contributed by atoms with Crippen LogP contribution in [0.25, 0.3) is 0 Å². The van der Waals surface area contributed by atoms with E-state index in [1.54, 1.807) is 0 Å². The second kappa shape index (κ2) is 3.47. The van der Waals surface area contributed by atoms with Gasteiger partial charge < -0.3 is 10.9 Å². The van der Waals surface area contributed by atoms with Crippen molar-refractivity contribution in [2.45, 2.75) is 27.3 Å². The molecule has 0 saturated heterocycles. The second-order valence-electron chi connectivity index (χ2n) is 2.85. The van der Waals surface area contributed by atoms with Gasteiger partial charge in [-0.05, 0) is 20.8 Å². The zero-order valence-corrected chi connectivity index (χ0v) is 8.07. The molecule has 0 amide bonds. The summed E-state index contributed by atoms with van der Waals surface area (Å²) >= 11 is 0. The van der Waals surface area contributed by atoms with E-state index in [0.29, 0.717) is 0 Å². The summed E-state index contributed by atoms with van der Waals surface area (Å²) in [6.07, 6.45) is 0. The summed E-state index contributed by atoms with van der Waals surface area (Å²) in [5.41, 5.74) is 7.95. The minimum Gasteiger partial charge on any atom is -0.409 e. The number of nitrogens with two attached hydrogens (primary N) is 1. The molecule has 1 aromatic heterocycles. The molecule has 13 heavy (non-hydrogen) atoms. The quantitative estimate of drug-likeness (QED) is 0.304. The molecule has 5 nitrogen and oxygen atoms in total. The zero-order valence-electron chi connectivity index (χ0n) is 8.07. The minimum absolute atomic E-state index is 0.120. The summed E-state index contributed by atoms with van der Waals surface area (Å²) in [7, 11) is 0. The standard InChI is InChI=1S/C8H14N4O/c1-4-12-6(3)7(5(2)10-12)8(9)11-13/h13H,4H2,1-3H3,(H2,9,11). The van der Waals surface area contributed by atoms with Crippen LogP contribution in [-0.4, -0.2) is 20.8 Å². The molecule has 1 aromatic rings. The molecule has 0 fully saturated rings. The van der Waals surface area contributed by atoms with Crippen LogP contribution >= 0.6 is 0 Å². The van der Waals surface area contributed by atoms with Gasteiger partial charge in [-0.1, -0.05) is 5.16 Å². The summed E-state index contributed by atoms with van der Waals surface area (Å²) in [5.74, 6) is 0.120. The van der Waals surface area contributed by atoms with Gasteiger partial charge in [-0.25, -0.2) is 0 Å². The summed E-state index contributed by atoms with van der Waals surface area (Å²) in [6, 6.07) is 0. The van der Waals surface area contributed by atoms with Crippen molar-refractivity contribution in [3.8, 4) is 0 Å². The molecular formula is C8H14N4O. The maximum absolute atomic E-state index is 8.54. The molecule has 0 spiro atoms. The predicted molar refractivity (Wildman–Crippen MR) is 49.9 cm³/mol. The molecule has 1 rings (SSSR count). The highest BCUT2D eigenvalue weighted by Crippen LogP contribution is 2.11. The molecule has 5 heteroatoms. The van der Waals surface area contributed by atoms with Gasteiger partial charge in [0.25, 0.3) is 0 Å². The lowest BCUT2D eigenvalue weighted by atomic mass is 10.2. The maximum atomic E-state index is 8.54. The average Bonchev–Trinajstić information content (AvgIpc) is 2.40. The van der Waals surface area contributed by atoms with Crippen LogP contribution in [0.2, 0.25) is 0 Å². The lowest BCUT2D eigenvalue weighted by molar-refractivity contribution is 0.318. The predicted octanol–water partition coefficient (Wildman–Crippen LogP) is 0.614. The lowest BCUT2D eigenvalue weighted by Crippen LogP contribution is -2.15. The molecule has 0 bridgehead atoms. The van der Waals surface area contributed by atoms with E-state index in [1.807, 2.05) is 25.5 Å². The van der Waals surface area contributed by atoms with Gasteiger partial charge in [-0.2, -0.15) is 5.10 Å². The molecule has 0 aliphatic heterocycles. The molecule has 1 heterocycles. The van der Waals surface area contributed by atoms with Crippen molar-refractivity contribution in [3.05, 3.63) is 17.0 Å². The molecule has 0 aliphatic carbocycles.